The average Bonchev–Trinajstić information content (AvgIpc) is 2.62. The van der Waals surface area contributed by atoms with Crippen molar-refractivity contribution < 1.29 is 4.79 Å². The van der Waals surface area contributed by atoms with Crippen LogP contribution in [0.3, 0.4) is 0 Å². The van der Waals surface area contributed by atoms with Crippen LogP contribution in [0.5, 0.6) is 0 Å². The Morgan fingerprint density at radius 2 is 1.82 bits per heavy atom. The first-order valence-electron chi connectivity index (χ1n) is 7.89. The van der Waals surface area contributed by atoms with E-state index in [-0.39, 0.29) is 11.9 Å². The topological polar surface area (TPSA) is 32.3 Å². The molecule has 2 aromatic rings. The Labute approximate surface area is 132 Å². The molecule has 0 aliphatic carbocycles. The minimum absolute atomic E-state index is 0.105. The third-order valence-electron chi connectivity index (χ3n) is 4.38. The largest absolute Gasteiger partial charge is 0.337 e. The summed E-state index contributed by atoms with van der Waals surface area (Å²) in [5, 5.41) is 3.37. The molecule has 0 radical (unpaired) electrons. The molecule has 0 bridgehead atoms. The molecule has 1 aliphatic heterocycles. The van der Waals surface area contributed by atoms with E-state index in [4.69, 9.17) is 0 Å². The summed E-state index contributed by atoms with van der Waals surface area (Å²) >= 11 is 0. The van der Waals surface area contributed by atoms with Crippen LogP contribution in [0.1, 0.15) is 23.2 Å². The van der Waals surface area contributed by atoms with E-state index in [9.17, 15) is 4.79 Å². The highest BCUT2D eigenvalue weighted by molar-refractivity contribution is 6.00. The molecule has 1 heterocycles. The van der Waals surface area contributed by atoms with Crippen LogP contribution in [0.2, 0.25) is 0 Å². The molecule has 1 saturated heterocycles. The lowest BCUT2D eigenvalue weighted by Crippen LogP contribution is -2.46. The number of carbonyl (C=O) groups excluding carboxylic acids is 1. The lowest BCUT2D eigenvalue weighted by Gasteiger charge is -2.32. The molecule has 3 nitrogen and oxygen atoms in total. The molecule has 2 aromatic carbocycles. The van der Waals surface area contributed by atoms with Crippen molar-refractivity contribution in [3.63, 3.8) is 0 Å². The van der Waals surface area contributed by atoms with Gasteiger partial charge in [0, 0.05) is 25.2 Å². The van der Waals surface area contributed by atoms with Gasteiger partial charge in [-0.3, -0.25) is 4.79 Å². The van der Waals surface area contributed by atoms with Crippen molar-refractivity contribution in [2.45, 2.75) is 18.9 Å². The first-order valence-corrected chi connectivity index (χ1v) is 7.89. The van der Waals surface area contributed by atoms with Gasteiger partial charge in [-0.15, -0.1) is 0 Å². The van der Waals surface area contributed by atoms with Crippen molar-refractivity contribution in [1.29, 1.82) is 0 Å². The zero-order valence-electron chi connectivity index (χ0n) is 13.0. The van der Waals surface area contributed by atoms with Crippen molar-refractivity contribution in [3.05, 3.63) is 60.2 Å². The van der Waals surface area contributed by atoms with Gasteiger partial charge in [0.2, 0.25) is 0 Å². The molecule has 3 heteroatoms. The van der Waals surface area contributed by atoms with Gasteiger partial charge in [-0.05, 0) is 36.6 Å². The van der Waals surface area contributed by atoms with E-state index in [2.05, 4.69) is 5.32 Å². The number of rotatable bonds is 3. The summed E-state index contributed by atoms with van der Waals surface area (Å²) < 4.78 is 0. The highest BCUT2D eigenvalue weighted by Gasteiger charge is 2.24. The van der Waals surface area contributed by atoms with E-state index in [0.29, 0.717) is 0 Å². The molecular weight excluding hydrogens is 272 g/mol. The van der Waals surface area contributed by atoms with E-state index < -0.39 is 0 Å². The Morgan fingerprint density at radius 1 is 1.09 bits per heavy atom. The van der Waals surface area contributed by atoms with E-state index in [0.717, 1.165) is 42.6 Å². The molecule has 22 heavy (non-hydrogen) atoms. The highest BCUT2D eigenvalue weighted by atomic mass is 16.2. The maximum atomic E-state index is 12.9. The number of benzene rings is 2. The van der Waals surface area contributed by atoms with Crippen LogP contribution in [-0.2, 0) is 0 Å². The van der Waals surface area contributed by atoms with Gasteiger partial charge in [0.15, 0.2) is 0 Å². The average molecular weight is 294 g/mol. The van der Waals surface area contributed by atoms with Crippen molar-refractivity contribution in [3.8, 4) is 11.1 Å². The molecule has 1 amide bonds. The van der Waals surface area contributed by atoms with Crippen LogP contribution in [-0.4, -0.2) is 37.0 Å². The smallest absolute Gasteiger partial charge is 0.254 e. The normalized spacial score (nSPS) is 18.0. The predicted molar refractivity (Wildman–Crippen MR) is 89.9 cm³/mol. The fraction of sp³-hybridized carbons (Fsp3) is 0.316. The molecule has 1 N–H and O–H groups in total. The lowest BCUT2D eigenvalue weighted by molar-refractivity contribution is 0.0709. The second-order valence-electron chi connectivity index (χ2n) is 5.83. The lowest BCUT2D eigenvalue weighted by atomic mass is 9.98. The van der Waals surface area contributed by atoms with Gasteiger partial charge in [-0.2, -0.15) is 0 Å². The van der Waals surface area contributed by atoms with E-state index in [1.807, 2.05) is 66.5 Å². The highest BCUT2D eigenvalue weighted by Crippen LogP contribution is 2.25. The number of carbonyl (C=O) groups is 1. The minimum atomic E-state index is 0.105. The molecule has 1 fully saturated rings. The van der Waals surface area contributed by atoms with Gasteiger partial charge in [0.1, 0.15) is 0 Å². The fourth-order valence-corrected chi connectivity index (χ4v) is 3.06. The molecule has 0 aromatic heterocycles. The van der Waals surface area contributed by atoms with Crippen molar-refractivity contribution >= 4 is 5.91 Å². The number of piperidine rings is 1. The fourth-order valence-electron chi connectivity index (χ4n) is 3.06. The zero-order valence-corrected chi connectivity index (χ0v) is 13.0. The predicted octanol–water partition coefficient (Wildman–Crippen LogP) is 3.18. The number of nitrogens with zero attached hydrogens (tertiary/aromatic N) is 1. The monoisotopic (exact) mass is 294 g/mol. The summed E-state index contributed by atoms with van der Waals surface area (Å²) in [6, 6.07) is 18.3. The van der Waals surface area contributed by atoms with Crippen LogP contribution < -0.4 is 5.32 Å². The number of likely N-dealkylation sites (N-methyl/N-ethyl adjacent to an activating group) is 1. The Kier molecular flexibility index (Phi) is 4.54. The molecule has 1 aliphatic rings. The second kappa shape index (κ2) is 6.75. The van der Waals surface area contributed by atoms with Gasteiger partial charge < -0.3 is 10.2 Å². The Bertz CT molecular complexity index is 633. The van der Waals surface area contributed by atoms with Crippen molar-refractivity contribution in [1.82, 2.24) is 10.2 Å². The summed E-state index contributed by atoms with van der Waals surface area (Å²) in [5.41, 5.74) is 2.87. The molecule has 114 valence electrons. The van der Waals surface area contributed by atoms with Crippen molar-refractivity contribution in [2.24, 2.45) is 0 Å². The van der Waals surface area contributed by atoms with Crippen molar-refractivity contribution in [2.75, 3.05) is 20.1 Å². The summed E-state index contributed by atoms with van der Waals surface area (Å²) in [6.45, 7) is 1.94. The number of nitrogens with one attached hydrogen (secondary N) is 1. The van der Waals surface area contributed by atoms with Gasteiger partial charge in [0.25, 0.3) is 5.91 Å². The standard InChI is InChI=1S/C19H22N2O/c1-21(16-10-7-13-20-14-16)19(22)18-12-6-5-11-17(18)15-8-3-2-4-9-15/h2-6,8-9,11-12,16,20H,7,10,13-14H2,1H3. The summed E-state index contributed by atoms with van der Waals surface area (Å²) in [4.78, 5) is 14.8. The Balaban J connectivity index is 1.89. The molecule has 0 spiro atoms. The Hall–Kier alpha value is -2.13. The number of amides is 1. The van der Waals surface area contributed by atoms with Crippen LogP contribution >= 0.6 is 0 Å². The Morgan fingerprint density at radius 3 is 2.55 bits per heavy atom. The maximum Gasteiger partial charge on any atom is 0.254 e. The summed E-state index contributed by atoms with van der Waals surface area (Å²) in [5.74, 6) is 0.105. The third-order valence-corrected chi connectivity index (χ3v) is 4.38. The van der Waals surface area contributed by atoms with Crippen LogP contribution in [0, 0.1) is 0 Å². The molecule has 1 atom stereocenters. The van der Waals surface area contributed by atoms with Crippen LogP contribution in [0.25, 0.3) is 11.1 Å². The molecule has 1 unspecified atom stereocenters. The second-order valence-corrected chi connectivity index (χ2v) is 5.83. The van der Waals surface area contributed by atoms with E-state index in [1.54, 1.807) is 0 Å². The quantitative estimate of drug-likeness (QED) is 0.943. The zero-order chi connectivity index (χ0) is 15.4. The first-order chi connectivity index (χ1) is 10.8. The van der Waals surface area contributed by atoms with Gasteiger partial charge >= 0.3 is 0 Å². The third kappa shape index (κ3) is 3.04. The molecular formula is C19H22N2O. The molecule has 0 saturated carbocycles. The minimum Gasteiger partial charge on any atom is -0.337 e. The summed E-state index contributed by atoms with van der Waals surface area (Å²) in [7, 11) is 1.92. The van der Waals surface area contributed by atoms with Crippen LogP contribution in [0.4, 0.5) is 0 Å². The maximum absolute atomic E-state index is 12.9. The first kappa shape index (κ1) is 14.8. The number of hydrogen-bond donors (Lipinski definition) is 1. The molecule has 3 rings (SSSR count). The van der Waals surface area contributed by atoms with Crippen LogP contribution in [0.15, 0.2) is 54.6 Å². The SMILES string of the molecule is CN(C(=O)c1ccccc1-c1ccccc1)C1CCCNC1. The van der Waals surface area contributed by atoms with Gasteiger partial charge in [-0.1, -0.05) is 48.5 Å². The number of hydrogen-bond acceptors (Lipinski definition) is 2. The van der Waals surface area contributed by atoms with Gasteiger partial charge in [0.05, 0.1) is 0 Å². The summed E-state index contributed by atoms with van der Waals surface area (Å²) in [6.07, 6.45) is 2.20. The van der Waals surface area contributed by atoms with E-state index in [1.165, 1.54) is 0 Å². The van der Waals surface area contributed by atoms with E-state index >= 15 is 0 Å². The van der Waals surface area contributed by atoms with Gasteiger partial charge in [-0.25, -0.2) is 0 Å².